The molecule has 29 heavy (non-hydrogen) atoms. The first-order valence-electron chi connectivity index (χ1n) is 11.2. The van der Waals surface area contributed by atoms with Crippen LogP contribution in [0.4, 0.5) is 0 Å². The zero-order valence-corrected chi connectivity index (χ0v) is 17.7. The van der Waals surface area contributed by atoms with Gasteiger partial charge in [-0.1, -0.05) is 62.6 Å². The fourth-order valence-corrected chi connectivity index (χ4v) is 4.08. The summed E-state index contributed by atoms with van der Waals surface area (Å²) in [6.45, 7) is 6.86. The fraction of sp³-hybridized carbons (Fsp3) is 0.500. The number of ether oxygens (including phenoxy) is 1. The smallest absolute Gasteiger partial charge is 0.233 e. The molecule has 0 bridgehead atoms. The summed E-state index contributed by atoms with van der Waals surface area (Å²) in [4.78, 5) is 13.3. The number of unbranched alkanes of at least 4 members (excludes halogenated alkanes) is 3. The van der Waals surface area contributed by atoms with E-state index in [0.717, 1.165) is 35.8 Å². The normalized spacial score (nSPS) is 15.3. The Kier molecular flexibility index (Phi) is 8.76. The van der Waals surface area contributed by atoms with Crippen molar-refractivity contribution in [2.45, 2.75) is 51.9 Å². The molecule has 2 aromatic carbocycles. The van der Waals surface area contributed by atoms with E-state index in [1.54, 1.807) is 12.1 Å². The van der Waals surface area contributed by atoms with Gasteiger partial charge in [0.05, 0.1) is 6.61 Å². The molecule has 0 aromatic heterocycles. The lowest BCUT2D eigenvalue weighted by Crippen LogP contribution is -2.34. The van der Waals surface area contributed by atoms with Crippen molar-refractivity contribution in [1.82, 2.24) is 4.90 Å². The van der Waals surface area contributed by atoms with Crippen LogP contribution in [0, 0.1) is 5.92 Å². The summed E-state index contributed by atoms with van der Waals surface area (Å²) in [5, 5.41) is 0. The standard InChI is InChI=1S/C26H34NO2/c1-2-3-4-5-17-27-18-14-22(15-19-27)16-20-29-26-12-10-25(11-13-26)24-8-6-23(21-28)7-9-24/h6-13,22H,2-5,14-20H2,1H3. The van der Waals surface area contributed by atoms with Crippen LogP contribution in [-0.2, 0) is 4.79 Å². The van der Waals surface area contributed by atoms with Crippen LogP contribution in [0.15, 0.2) is 48.5 Å². The minimum Gasteiger partial charge on any atom is -0.494 e. The van der Waals surface area contributed by atoms with Gasteiger partial charge in [-0.05, 0) is 74.5 Å². The van der Waals surface area contributed by atoms with E-state index < -0.39 is 0 Å². The summed E-state index contributed by atoms with van der Waals surface area (Å²) in [6.07, 6.45) is 11.1. The van der Waals surface area contributed by atoms with Crippen molar-refractivity contribution in [2.24, 2.45) is 5.92 Å². The van der Waals surface area contributed by atoms with Crippen molar-refractivity contribution in [3.05, 3.63) is 54.1 Å². The van der Waals surface area contributed by atoms with Crippen LogP contribution >= 0.6 is 0 Å². The van der Waals surface area contributed by atoms with E-state index >= 15 is 0 Å². The van der Waals surface area contributed by atoms with Gasteiger partial charge in [0, 0.05) is 5.56 Å². The quantitative estimate of drug-likeness (QED) is 0.448. The molecule has 0 amide bonds. The maximum Gasteiger partial charge on any atom is 0.233 e. The summed E-state index contributed by atoms with van der Waals surface area (Å²) < 4.78 is 5.99. The molecular weight excluding hydrogens is 358 g/mol. The highest BCUT2D eigenvalue weighted by atomic mass is 16.5. The molecule has 3 rings (SSSR count). The maximum atomic E-state index is 10.6. The highest BCUT2D eigenvalue weighted by Crippen LogP contribution is 2.24. The van der Waals surface area contributed by atoms with E-state index in [9.17, 15) is 4.79 Å². The van der Waals surface area contributed by atoms with E-state index in [1.807, 2.05) is 30.6 Å². The highest BCUT2D eigenvalue weighted by Gasteiger charge is 2.18. The van der Waals surface area contributed by atoms with Crippen molar-refractivity contribution in [3.8, 4) is 16.9 Å². The molecule has 0 aliphatic carbocycles. The number of rotatable bonds is 11. The molecule has 3 nitrogen and oxygen atoms in total. The molecule has 2 aromatic rings. The zero-order valence-electron chi connectivity index (χ0n) is 17.7. The van der Waals surface area contributed by atoms with Crippen molar-refractivity contribution < 1.29 is 9.53 Å². The van der Waals surface area contributed by atoms with E-state index in [1.165, 1.54) is 58.2 Å². The van der Waals surface area contributed by atoms with Crippen LogP contribution in [0.5, 0.6) is 5.75 Å². The van der Waals surface area contributed by atoms with Crippen LogP contribution in [-0.4, -0.2) is 37.4 Å². The second-order valence-corrected chi connectivity index (χ2v) is 8.19. The Morgan fingerprint density at radius 2 is 1.59 bits per heavy atom. The van der Waals surface area contributed by atoms with Crippen molar-refractivity contribution in [2.75, 3.05) is 26.2 Å². The molecule has 1 aliphatic rings. The van der Waals surface area contributed by atoms with Gasteiger partial charge < -0.3 is 9.64 Å². The topological polar surface area (TPSA) is 29.5 Å². The summed E-state index contributed by atoms with van der Waals surface area (Å²) in [6, 6.07) is 15.7. The molecule has 1 saturated heterocycles. The van der Waals surface area contributed by atoms with Gasteiger partial charge in [0.2, 0.25) is 6.29 Å². The molecule has 3 heteroatoms. The molecule has 0 unspecified atom stereocenters. The van der Waals surface area contributed by atoms with Crippen LogP contribution in [0.3, 0.4) is 0 Å². The predicted octanol–water partition coefficient (Wildman–Crippen LogP) is 5.87. The minimum atomic E-state index is 0.580. The highest BCUT2D eigenvalue weighted by molar-refractivity contribution is 5.77. The van der Waals surface area contributed by atoms with Crippen LogP contribution < -0.4 is 4.74 Å². The van der Waals surface area contributed by atoms with Crippen LogP contribution in [0.25, 0.3) is 11.1 Å². The van der Waals surface area contributed by atoms with Gasteiger partial charge in [0.25, 0.3) is 0 Å². The van der Waals surface area contributed by atoms with Gasteiger partial charge in [-0.25, -0.2) is 0 Å². The maximum absolute atomic E-state index is 10.6. The third-order valence-corrected chi connectivity index (χ3v) is 6.02. The Bertz CT molecular complexity index is 715. The van der Waals surface area contributed by atoms with Crippen molar-refractivity contribution >= 4 is 6.29 Å². The SMILES string of the molecule is CCCCCCN1CCC(CCOc2ccc(-c3ccc([C]=O)cc3)cc2)CC1. The number of piperidine rings is 1. The third kappa shape index (κ3) is 7.01. The van der Waals surface area contributed by atoms with Crippen molar-refractivity contribution in [3.63, 3.8) is 0 Å². The predicted molar refractivity (Wildman–Crippen MR) is 120 cm³/mol. The number of hydrogen-bond donors (Lipinski definition) is 0. The van der Waals surface area contributed by atoms with Crippen LogP contribution in [0.1, 0.15) is 57.4 Å². The Hall–Kier alpha value is -2.13. The number of likely N-dealkylation sites (tertiary alicyclic amines) is 1. The Balaban J connectivity index is 1.35. The number of hydrogen-bond acceptors (Lipinski definition) is 3. The summed E-state index contributed by atoms with van der Waals surface area (Å²) >= 11 is 0. The molecule has 1 radical (unpaired) electrons. The molecule has 1 heterocycles. The minimum absolute atomic E-state index is 0.580. The van der Waals surface area contributed by atoms with E-state index in [0.29, 0.717) is 5.56 Å². The molecular formula is C26H34NO2. The summed E-state index contributed by atoms with van der Waals surface area (Å²) in [7, 11) is 0. The second kappa shape index (κ2) is 11.8. The molecule has 1 aliphatic heterocycles. The Morgan fingerprint density at radius 3 is 2.21 bits per heavy atom. The Labute approximate surface area is 176 Å². The third-order valence-electron chi connectivity index (χ3n) is 6.02. The van der Waals surface area contributed by atoms with Gasteiger partial charge >= 0.3 is 0 Å². The second-order valence-electron chi connectivity index (χ2n) is 8.19. The van der Waals surface area contributed by atoms with Gasteiger partial charge in [-0.15, -0.1) is 0 Å². The number of benzene rings is 2. The first-order valence-corrected chi connectivity index (χ1v) is 11.2. The average Bonchev–Trinajstić information content (AvgIpc) is 2.78. The van der Waals surface area contributed by atoms with Gasteiger partial charge in [-0.3, -0.25) is 4.79 Å². The van der Waals surface area contributed by atoms with Crippen molar-refractivity contribution in [1.29, 1.82) is 0 Å². The molecule has 0 spiro atoms. The fourth-order valence-electron chi connectivity index (χ4n) is 4.08. The molecule has 0 atom stereocenters. The zero-order chi connectivity index (χ0) is 20.3. The molecule has 1 fully saturated rings. The largest absolute Gasteiger partial charge is 0.494 e. The number of nitrogens with zero attached hydrogens (tertiary/aromatic N) is 1. The first-order chi connectivity index (χ1) is 14.3. The average molecular weight is 393 g/mol. The van der Waals surface area contributed by atoms with E-state index in [4.69, 9.17) is 4.74 Å². The van der Waals surface area contributed by atoms with E-state index in [-0.39, 0.29) is 0 Å². The lowest BCUT2D eigenvalue weighted by atomic mass is 9.94. The first kappa shape index (κ1) is 21.6. The monoisotopic (exact) mass is 392 g/mol. The van der Waals surface area contributed by atoms with Gasteiger partial charge in [0.15, 0.2) is 0 Å². The lowest BCUT2D eigenvalue weighted by Gasteiger charge is -2.31. The Morgan fingerprint density at radius 1 is 0.931 bits per heavy atom. The molecule has 0 saturated carbocycles. The molecule has 155 valence electrons. The summed E-state index contributed by atoms with van der Waals surface area (Å²) in [5.74, 6) is 1.73. The van der Waals surface area contributed by atoms with Crippen LogP contribution in [0.2, 0.25) is 0 Å². The van der Waals surface area contributed by atoms with E-state index in [2.05, 4.69) is 24.0 Å². The number of carbonyl (C=O) groups excluding carboxylic acids is 1. The summed E-state index contributed by atoms with van der Waals surface area (Å²) in [5.41, 5.74) is 2.80. The van der Waals surface area contributed by atoms with Gasteiger partial charge in [-0.2, -0.15) is 0 Å². The van der Waals surface area contributed by atoms with Gasteiger partial charge in [0.1, 0.15) is 5.75 Å². The lowest BCUT2D eigenvalue weighted by molar-refractivity contribution is 0.161. The molecule has 0 N–H and O–H groups in total.